The Labute approximate surface area is 146 Å². The fraction of sp³-hybridized carbons (Fsp3) is 0.263. The van der Waals surface area contributed by atoms with Gasteiger partial charge in [-0.15, -0.1) is 11.8 Å². The van der Waals surface area contributed by atoms with Crippen molar-refractivity contribution in [3.63, 3.8) is 0 Å². The summed E-state index contributed by atoms with van der Waals surface area (Å²) in [4.78, 5) is 25.1. The van der Waals surface area contributed by atoms with Crippen molar-refractivity contribution in [2.45, 2.75) is 30.7 Å². The molecule has 0 heterocycles. The number of thioether (sulfide) groups is 1. The predicted molar refractivity (Wildman–Crippen MR) is 97.5 cm³/mol. The van der Waals surface area contributed by atoms with Gasteiger partial charge in [-0.3, -0.25) is 9.59 Å². The van der Waals surface area contributed by atoms with Crippen molar-refractivity contribution in [3.8, 4) is 0 Å². The van der Waals surface area contributed by atoms with Crippen molar-refractivity contribution in [2.24, 2.45) is 0 Å². The molecule has 4 nitrogen and oxygen atoms in total. The van der Waals surface area contributed by atoms with Crippen LogP contribution in [0.15, 0.2) is 53.4 Å². The summed E-state index contributed by atoms with van der Waals surface area (Å²) < 4.78 is 0. The molecule has 0 aromatic heterocycles. The minimum atomic E-state index is -0.0570. The van der Waals surface area contributed by atoms with E-state index in [0.29, 0.717) is 23.0 Å². The van der Waals surface area contributed by atoms with Crippen molar-refractivity contribution >= 4 is 29.3 Å². The molecule has 3 rings (SSSR count). The highest BCUT2D eigenvalue weighted by molar-refractivity contribution is 8.00. The Balaban J connectivity index is 1.50. The van der Waals surface area contributed by atoms with Gasteiger partial charge in [-0.1, -0.05) is 18.2 Å². The number of rotatable bonds is 6. The molecule has 1 aliphatic rings. The Hall–Kier alpha value is -2.27. The summed E-state index contributed by atoms with van der Waals surface area (Å²) >= 11 is 1.52. The molecule has 0 atom stereocenters. The Morgan fingerprint density at radius 2 is 1.79 bits per heavy atom. The quantitative estimate of drug-likeness (QED) is 0.790. The Morgan fingerprint density at radius 3 is 2.46 bits per heavy atom. The van der Waals surface area contributed by atoms with E-state index in [1.807, 2.05) is 31.2 Å². The summed E-state index contributed by atoms with van der Waals surface area (Å²) in [7, 11) is 0. The number of amides is 2. The number of benzene rings is 2. The summed E-state index contributed by atoms with van der Waals surface area (Å²) in [5.74, 6) is 0.248. The maximum atomic E-state index is 12.1. The minimum absolute atomic E-state index is 0.0505. The smallest absolute Gasteiger partial charge is 0.251 e. The number of carbonyl (C=O) groups is 2. The first-order valence-electron chi connectivity index (χ1n) is 8.01. The van der Waals surface area contributed by atoms with Gasteiger partial charge in [0, 0.05) is 22.2 Å². The van der Waals surface area contributed by atoms with Crippen LogP contribution in [0.1, 0.15) is 28.8 Å². The highest BCUT2D eigenvalue weighted by atomic mass is 32.2. The molecule has 2 N–H and O–H groups in total. The Bertz CT molecular complexity index is 739. The van der Waals surface area contributed by atoms with Crippen LogP contribution in [-0.4, -0.2) is 23.6 Å². The van der Waals surface area contributed by atoms with Gasteiger partial charge in [0.15, 0.2) is 0 Å². The van der Waals surface area contributed by atoms with Crippen LogP contribution in [0, 0.1) is 6.92 Å². The molecule has 0 saturated heterocycles. The monoisotopic (exact) mass is 340 g/mol. The van der Waals surface area contributed by atoms with Gasteiger partial charge in [0.05, 0.1) is 5.75 Å². The Morgan fingerprint density at radius 1 is 1.08 bits per heavy atom. The van der Waals surface area contributed by atoms with Gasteiger partial charge in [-0.05, 0) is 55.7 Å². The second kappa shape index (κ2) is 7.53. The van der Waals surface area contributed by atoms with Crippen LogP contribution >= 0.6 is 11.8 Å². The largest absolute Gasteiger partial charge is 0.349 e. The zero-order valence-electron chi connectivity index (χ0n) is 13.5. The zero-order valence-corrected chi connectivity index (χ0v) is 14.4. The molecule has 124 valence electrons. The lowest BCUT2D eigenvalue weighted by Gasteiger charge is -2.08. The number of carbonyl (C=O) groups excluding carboxylic acids is 2. The van der Waals surface area contributed by atoms with E-state index in [0.717, 1.165) is 17.7 Å². The molecule has 0 unspecified atom stereocenters. The summed E-state index contributed by atoms with van der Waals surface area (Å²) in [6, 6.07) is 15.3. The number of hydrogen-bond donors (Lipinski definition) is 2. The van der Waals surface area contributed by atoms with E-state index in [9.17, 15) is 9.59 Å². The van der Waals surface area contributed by atoms with Crippen LogP contribution in [0.5, 0.6) is 0 Å². The summed E-state index contributed by atoms with van der Waals surface area (Å²) in [5.41, 5.74) is 2.49. The topological polar surface area (TPSA) is 58.2 Å². The number of hydrogen-bond acceptors (Lipinski definition) is 3. The molecule has 0 radical (unpaired) electrons. The molecule has 0 aliphatic heterocycles. The highest BCUT2D eigenvalue weighted by Crippen LogP contribution is 2.22. The first-order valence-corrected chi connectivity index (χ1v) is 8.99. The van der Waals surface area contributed by atoms with Crippen molar-refractivity contribution < 1.29 is 9.59 Å². The van der Waals surface area contributed by atoms with Crippen LogP contribution in [-0.2, 0) is 4.79 Å². The predicted octanol–water partition coefficient (Wildman–Crippen LogP) is 3.62. The standard InChI is InChI=1S/C19H20N2O2S/c1-13-4-2-3-5-17(13)24-12-18(22)20-15-8-6-14(7-9-15)19(23)21-16-10-11-16/h2-9,16H,10-12H2,1H3,(H,20,22)(H,21,23). The molecular formula is C19H20N2O2S. The van der Waals surface area contributed by atoms with Crippen LogP contribution in [0.3, 0.4) is 0 Å². The normalized spacial score (nSPS) is 13.4. The van der Waals surface area contributed by atoms with Gasteiger partial charge >= 0.3 is 0 Å². The molecule has 1 aliphatic carbocycles. The molecule has 0 spiro atoms. The fourth-order valence-corrected chi connectivity index (χ4v) is 3.09. The van der Waals surface area contributed by atoms with Crippen LogP contribution in [0.25, 0.3) is 0 Å². The lowest BCUT2D eigenvalue weighted by Crippen LogP contribution is -2.25. The van der Waals surface area contributed by atoms with E-state index in [1.54, 1.807) is 24.3 Å². The molecule has 1 saturated carbocycles. The molecule has 0 bridgehead atoms. The summed E-state index contributed by atoms with van der Waals surface area (Å²) in [6.45, 7) is 2.03. The van der Waals surface area contributed by atoms with E-state index in [2.05, 4.69) is 10.6 Å². The molecule has 1 fully saturated rings. The lowest BCUT2D eigenvalue weighted by atomic mass is 10.2. The van der Waals surface area contributed by atoms with E-state index in [1.165, 1.54) is 17.3 Å². The summed E-state index contributed by atoms with van der Waals surface area (Å²) in [5, 5.41) is 5.80. The van der Waals surface area contributed by atoms with Crippen molar-refractivity contribution in [1.82, 2.24) is 5.32 Å². The summed E-state index contributed by atoms with van der Waals surface area (Å²) in [6.07, 6.45) is 2.14. The van der Waals surface area contributed by atoms with Gasteiger partial charge in [0.2, 0.25) is 5.91 Å². The maximum Gasteiger partial charge on any atom is 0.251 e. The van der Waals surface area contributed by atoms with Crippen LogP contribution in [0.4, 0.5) is 5.69 Å². The molecule has 2 amide bonds. The zero-order chi connectivity index (χ0) is 16.9. The van der Waals surface area contributed by atoms with Crippen LogP contribution < -0.4 is 10.6 Å². The van der Waals surface area contributed by atoms with Gasteiger partial charge < -0.3 is 10.6 Å². The lowest BCUT2D eigenvalue weighted by molar-refractivity contribution is -0.113. The molecular weight excluding hydrogens is 320 g/mol. The molecule has 2 aromatic carbocycles. The average molecular weight is 340 g/mol. The van der Waals surface area contributed by atoms with Gasteiger partial charge in [-0.25, -0.2) is 0 Å². The maximum absolute atomic E-state index is 12.1. The third kappa shape index (κ3) is 4.61. The third-order valence-electron chi connectivity index (χ3n) is 3.80. The average Bonchev–Trinajstić information content (AvgIpc) is 3.39. The Kier molecular flexibility index (Phi) is 5.20. The number of aryl methyl sites for hydroxylation is 1. The molecule has 24 heavy (non-hydrogen) atoms. The second-order valence-corrected chi connectivity index (χ2v) is 6.94. The third-order valence-corrected chi connectivity index (χ3v) is 4.97. The second-order valence-electron chi connectivity index (χ2n) is 5.93. The van der Waals surface area contributed by atoms with Crippen LogP contribution in [0.2, 0.25) is 0 Å². The van der Waals surface area contributed by atoms with E-state index >= 15 is 0 Å². The van der Waals surface area contributed by atoms with Crippen molar-refractivity contribution in [1.29, 1.82) is 0 Å². The number of anilines is 1. The van der Waals surface area contributed by atoms with Gasteiger partial charge in [0.1, 0.15) is 0 Å². The fourth-order valence-electron chi connectivity index (χ4n) is 2.26. The first-order chi connectivity index (χ1) is 11.6. The highest BCUT2D eigenvalue weighted by Gasteiger charge is 2.23. The first kappa shape index (κ1) is 16.6. The van der Waals surface area contributed by atoms with Gasteiger partial charge in [-0.2, -0.15) is 0 Å². The molecule has 5 heteroatoms. The van der Waals surface area contributed by atoms with E-state index < -0.39 is 0 Å². The minimum Gasteiger partial charge on any atom is -0.349 e. The van der Waals surface area contributed by atoms with Crippen molar-refractivity contribution in [2.75, 3.05) is 11.1 Å². The SMILES string of the molecule is Cc1ccccc1SCC(=O)Nc1ccc(C(=O)NC2CC2)cc1. The molecule has 2 aromatic rings. The van der Waals surface area contributed by atoms with E-state index in [-0.39, 0.29) is 11.8 Å². The van der Waals surface area contributed by atoms with E-state index in [4.69, 9.17) is 0 Å². The number of nitrogens with one attached hydrogen (secondary N) is 2. The van der Waals surface area contributed by atoms with Gasteiger partial charge in [0.25, 0.3) is 5.91 Å². The van der Waals surface area contributed by atoms with Crippen molar-refractivity contribution in [3.05, 3.63) is 59.7 Å².